The van der Waals surface area contributed by atoms with E-state index in [9.17, 15) is 0 Å². The van der Waals surface area contributed by atoms with Gasteiger partial charge in [-0.05, 0) is 40.1 Å². The van der Waals surface area contributed by atoms with E-state index in [2.05, 4.69) is 37.7 Å². The van der Waals surface area contributed by atoms with Gasteiger partial charge in [0.25, 0.3) is 0 Å². The molecular weight excluding hydrogens is 270 g/mol. The second kappa shape index (κ2) is 7.45. The van der Waals surface area contributed by atoms with Crippen molar-refractivity contribution in [1.82, 2.24) is 4.90 Å². The Bertz CT molecular complexity index is 462. The van der Waals surface area contributed by atoms with Crippen LogP contribution in [0.5, 0.6) is 5.75 Å². The van der Waals surface area contributed by atoms with Gasteiger partial charge in [0, 0.05) is 30.8 Å². The maximum atomic E-state index is 5.85. The van der Waals surface area contributed by atoms with Crippen molar-refractivity contribution >= 4 is 22.9 Å². The fourth-order valence-electron chi connectivity index (χ4n) is 2.43. The van der Waals surface area contributed by atoms with Crippen molar-refractivity contribution in [2.24, 2.45) is 5.73 Å². The molecule has 0 aromatic heterocycles. The van der Waals surface area contributed by atoms with Crippen molar-refractivity contribution < 1.29 is 4.74 Å². The molecule has 0 bridgehead atoms. The highest BCUT2D eigenvalue weighted by atomic mass is 32.1. The third-order valence-electron chi connectivity index (χ3n) is 3.28. The van der Waals surface area contributed by atoms with E-state index >= 15 is 0 Å². The van der Waals surface area contributed by atoms with Crippen LogP contribution in [0.4, 0.5) is 5.69 Å². The first-order valence-corrected chi connectivity index (χ1v) is 7.20. The first-order valence-electron chi connectivity index (χ1n) is 6.79. The van der Waals surface area contributed by atoms with Crippen LogP contribution >= 0.6 is 12.2 Å². The third-order valence-corrected chi connectivity index (χ3v) is 3.50. The minimum atomic E-state index is 0.357. The number of nitrogens with zero attached hydrogens (tertiary/aromatic N) is 2. The summed E-state index contributed by atoms with van der Waals surface area (Å²) >= 11 is 5.17. The van der Waals surface area contributed by atoms with Gasteiger partial charge < -0.3 is 20.3 Å². The van der Waals surface area contributed by atoms with Gasteiger partial charge in [0.2, 0.25) is 0 Å². The average molecular weight is 295 g/mol. The quantitative estimate of drug-likeness (QED) is 0.780. The number of methoxy groups -OCH3 is 1. The molecular formula is C15H25N3OS. The largest absolute Gasteiger partial charge is 0.497 e. The summed E-state index contributed by atoms with van der Waals surface area (Å²) in [7, 11) is 5.81. The third kappa shape index (κ3) is 4.08. The number of benzene rings is 1. The van der Waals surface area contributed by atoms with E-state index in [4.69, 9.17) is 22.7 Å². The zero-order valence-electron chi connectivity index (χ0n) is 13.0. The normalized spacial score (nSPS) is 12.3. The molecule has 0 fully saturated rings. The second-order valence-electron chi connectivity index (χ2n) is 5.14. The molecule has 4 nitrogen and oxygen atoms in total. The summed E-state index contributed by atoms with van der Waals surface area (Å²) in [6.07, 6.45) is 0. The predicted molar refractivity (Wildman–Crippen MR) is 89.9 cm³/mol. The Hall–Kier alpha value is -1.33. The summed E-state index contributed by atoms with van der Waals surface area (Å²) in [6.45, 7) is 6.18. The molecule has 0 radical (unpaired) electrons. The molecule has 1 aromatic rings. The lowest BCUT2D eigenvalue weighted by Gasteiger charge is -2.33. The van der Waals surface area contributed by atoms with E-state index in [1.165, 1.54) is 0 Å². The van der Waals surface area contributed by atoms with Crippen molar-refractivity contribution in [2.75, 3.05) is 39.2 Å². The monoisotopic (exact) mass is 295 g/mol. The molecule has 0 spiro atoms. The number of nitrogens with two attached hydrogens (primary N) is 1. The van der Waals surface area contributed by atoms with Crippen molar-refractivity contribution in [3.8, 4) is 5.75 Å². The van der Waals surface area contributed by atoms with Crippen molar-refractivity contribution in [1.29, 1.82) is 0 Å². The summed E-state index contributed by atoms with van der Waals surface area (Å²) in [5, 5.41) is 0. The van der Waals surface area contributed by atoms with Crippen LogP contribution < -0.4 is 15.4 Å². The highest BCUT2D eigenvalue weighted by Gasteiger charge is 2.18. The van der Waals surface area contributed by atoms with Gasteiger partial charge in [-0.2, -0.15) is 0 Å². The van der Waals surface area contributed by atoms with Crippen LogP contribution in [0.1, 0.15) is 19.4 Å². The summed E-state index contributed by atoms with van der Waals surface area (Å²) in [5.41, 5.74) is 7.79. The minimum Gasteiger partial charge on any atom is -0.497 e. The molecule has 0 aliphatic rings. The van der Waals surface area contributed by atoms with Crippen LogP contribution in [0.25, 0.3) is 0 Å². The van der Waals surface area contributed by atoms with Gasteiger partial charge in [0.1, 0.15) is 10.7 Å². The number of rotatable bonds is 7. The SMILES string of the molecule is CCN(c1cc(OC)ccc1C(N)=S)C(C)CN(C)C. The summed E-state index contributed by atoms with van der Waals surface area (Å²) in [5.74, 6) is 0.815. The van der Waals surface area contributed by atoms with E-state index in [0.717, 1.165) is 30.1 Å². The van der Waals surface area contributed by atoms with Gasteiger partial charge >= 0.3 is 0 Å². The Labute approximate surface area is 127 Å². The Balaban J connectivity index is 3.20. The fourth-order valence-corrected chi connectivity index (χ4v) is 2.60. The van der Waals surface area contributed by atoms with E-state index in [1.54, 1.807) is 7.11 Å². The maximum absolute atomic E-state index is 5.85. The van der Waals surface area contributed by atoms with Gasteiger partial charge in [0.05, 0.1) is 12.8 Å². The Kier molecular flexibility index (Phi) is 6.23. The number of anilines is 1. The Morgan fingerprint density at radius 2 is 2.05 bits per heavy atom. The molecule has 0 aliphatic heterocycles. The molecule has 20 heavy (non-hydrogen) atoms. The number of likely N-dealkylation sites (N-methyl/N-ethyl adjacent to an activating group) is 2. The zero-order chi connectivity index (χ0) is 15.3. The lowest BCUT2D eigenvalue weighted by Crippen LogP contribution is -2.41. The zero-order valence-corrected chi connectivity index (χ0v) is 13.8. The fraction of sp³-hybridized carbons (Fsp3) is 0.533. The predicted octanol–water partition coefficient (Wildman–Crippen LogP) is 2.11. The van der Waals surface area contributed by atoms with Crippen molar-refractivity contribution in [3.63, 3.8) is 0 Å². The van der Waals surface area contributed by atoms with Crippen LogP contribution in [-0.4, -0.2) is 50.2 Å². The number of ether oxygens (including phenoxy) is 1. The van der Waals surface area contributed by atoms with Crippen LogP contribution in [0.3, 0.4) is 0 Å². The molecule has 1 unspecified atom stereocenters. The standard InChI is InChI=1S/C15H25N3OS/c1-6-18(11(2)10-17(3)4)14-9-12(19-5)7-8-13(14)15(16)20/h7-9,11H,6,10H2,1-5H3,(H2,16,20). The number of thiocarbonyl (C=S) groups is 1. The average Bonchev–Trinajstić information content (AvgIpc) is 2.38. The molecule has 0 amide bonds. The molecule has 112 valence electrons. The molecule has 1 atom stereocenters. The van der Waals surface area contributed by atoms with E-state index < -0.39 is 0 Å². The van der Waals surface area contributed by atoms with E-state index in [1.807, 2.05) is 18.2 Å². The molecule has 5 heteroatoms. The molecule has 0 saturated heterocycles. The first kappa shape index (κ1) is 16.7. The van der Waals surface area contributed by atoms with Crippen LogP contribution in [0.2, 0.25) is 0 Å². The minimum absolute atomic E-state index is 0.357. The van der Waals surface area contributed by atoms with Crippen molar-refractivity contribution in [3.05, 3.63) is 23.8 Å². The molecule has 1 aromatic carbocycles. The summed E-state index contributed by atoms with van der Waals surface area (Å²) < 4.78 is 5.32. The van der Waals surface area contributed by atoms with Crippen LogP contribution in [0.15, 0.2) is 18.2 Å². The van der Waals surface area contributed by atoms with Gasteiger partial charge in [-0.25, -0.2) is 0 Å². The van der Waals surface area contributed by atoms with Gasteiger partial charge in [-0.3, -0.25) is 0 Å². The number of hydrogen-bond donors (Lipinski definition) is 1. The maximum Gasteiger partial charge on any atom is 0.120 e. The van der Waals surface area contributed by atoms with Gasteiger partial charge in [-0.15, -0.1) is 0 Å². The molecule has 2 N–H and O–H groups in total. The molecule has 0 saturated carbocycles. The highest BCUT2D eigenvalue weighted by molar-refractivity contribution is 7.80. The Morgan fingerprint density at radius 1 is 1.40 bits per heavy atom. The van der Waals surface area contributed by atoms with E-state index in [0.29, 0.717) is 11.0 Å². The Morgan fingerprint density at radius 3 is 2.50 bits per heavy atom. The molecule has 0 heterocycles. The smallest absolute Gasteiger partial charge is 0.120 e. The topological polar surface area (TPSA) is 41.7 Å². The van der Waals surface area contributed by atoms with Crippen LogP contribution in [-0.2, 0) is 0 Å². The summed E-state index contributed by atoms with van der Waals surface area (Å²) in [4.78, 5) is 4.89. The highest BCUT2D eigenvalue weighted by Crippen LogP contribution is 2.27. The van der Waals surface area contributed by atoms with Crippen molar-refractivity contribution in [2.45, 2.75) is 19.9 Å². The second-order valence-corrected chi connectivity index (χ2v) is 5.58. The summed E-state index contributed by atoms with van der Waals surface area (Å²) in [6, 6.07) is 6.18. The lowest BCUT2D eigenvalue weighted by atomic mass is 10.1. The van der Waals surface area contributed by atoms with Crippen LogP contribution in [0, 0.1) is 0 Å². The van der Waals surface area contributed by atoms with E-state index in [-0.39, 0.29) is 0 Å². The first-order chi connectivity index (χ1) is 9.40. The number of hydrogen-bond acceptors (Lipinski definition) is 4. The molecule has 1 rings (SSSR count). The molecule has 0 aliphatic carbocycles. The lowest BCUT2D eigenvalue weighted by molar-refractivity contribution is 0.372. The van der Waals surface area contributed by atoms with Gasteiger partial charge in [0.15, 0.2) is 0 Å². The van der Waals surface area contributed by atoms with Gasteiger partial charge in [-0.1, -0.05) is 12.2 Å².